The maximum Gasteiger partial charge on any atom is 0.272 e. The van der Waals surface area contributed by atoms with Crippen molar-refractivity contribution in [1.82, 2.24) is 15.5 Å². The zero-order valence-corrected chi connectivity index (χ0v) is 12.1. The van der Waals surface area contributed by atoms with E-state index in [0.29, 0.717) is 17.3 Å². The van der Waals surface area contributed by atoms with E-state index in [1.54, 1.807) is 24.3 Å². The van der Waals surface area contributed by atoms with Crippen LogP contribution in [0.4, 0.5) is 0 Å². The van der Waals surface area contributed by atoms with Gasteiger partial charge in [-0.2, -0.15) is 5.10 Å². The van der Waals surface area contributed by atoms with Crippen LogP contribution in [-0.2, 0) is 0 Å². The van der Waals surface area contributed by atoms with Gasteiger partial charge in [0.1, 0.15) is 0 Å². The Morgan fingerprint density at radius 1 is 1.38 bits per heavy atom. The van der Waals surface area contributed by atoms with Crippen molar-refractivity contribution in [2.75, 3.05) is 6.54 Å². The summed E-state index contributed by atoms with van der Waals surface area (Å²) in [5.41, 5.74) is 5.60. The normalized spacial score (nSPS) is 12.3. The first-order valence-corrected chi connectivity index (χ1v) is 7.15. The number of rotatable bonds is 6. The molecule has 0 saturated carbocycles. The van der Waals surface area contributed by atoms with Gasteiger partial charge in [0.05, 0.1) is 5.39 Å². The molecule has 21 heavy (non-hydrogen) atoms. The van der Waals surface area contributed by atoms with Gasteiger partial charge >= 0.3 is 0 Å². The van der Waals surface area contributed by atoms with Crippen molar-refractivity contribution in [2.45, 2.75) is 32.2 Å². The van der Waals surface area contributed by atoms with Crippen LogP contribution < -0.4 is 16.6 Å². The van der Waals surface area contributed by atoms with Gasteiger partial charge in [-0.3, -0.25) is 9.59 Å². The van der Waals surface area contributed by atoms with E-state index in [1.165, 1.54) is 0 Å². The number of amides is 1. The molecule has 1 amide bonds. The minimum absolute atomic E-state index is 0.0788. The fourth-order valence-corrected chi connectivity index (χ4v) is 2.24. The second-order valence-electron chi connectivity index (χ2n) is 5.00. The van der Waals surface area contributed by atoms with Crippen LogP contribution in [0.15, 0.2) is 29.1 Å². The summed E-state index contributed by atoms with van der Waals surface area (Å²) in [5.74, 6) is -0.311. The standard InChI is InChI=1S/C15H20N4O2/c1-2-3-6-10(9-16)17-15(21)13-11-7-4-5-8-12(11)14(20)19-18-13/h4-5,7-8,10H,2-3,6,9,16H2,1H3,(H,17,21)(H,19,20). The van der Waals surface area contributed by atoms with E-state index >= 15 is 0 Å². The first-order valence-electron chi connectivity index (χ1n) is 7.15. The number of hydrogen-bond donors (Lipinski definition) is 3. The summed E-state index contributed by atoms with van der Waals surface area (Å²) in [6.45, 7) is 2.47. The van der Waals surface area contributed by atoms with Crippen molar-refractivity contribution in [3.8, 4) is 0 Å². The molecule has 0 aliphatic carbocycles. The van der Waals surface area contributed by atoms with Gasteiger partial charge in [-0.1, -0.05) is 38.0 Å². The molecule has 1 heterocycles. The number of benzene rings is 1. The predicted octanol–water partition coefficient (Wildman–Crippen LogP) is 1.17. The van der Waals surface area contributed by atoms with Crippen LogP contribution in [0.2, 0.25) is 0 Å². The third kappa shape index (κ3) is 3.46. The Hall–Kier alpha value is -2.21. The lowest BCUT2D eigenvalue weighted by atomic mass is 10.1. The highest BCUT2D eigenvalue weighted by Gasteiger charge is 2.17. The number of nitrogens with two attached hydrogens (primary N) is 1. The zero-order valence-electron chi connectivity index (χ0n) is 12.1. The fraction of sp³-hybridized carbons (Fsp3) is 0.400. The second-order valence-corrected chi connectivity index (χ2v) is 5.00. The first kappa shape index (κ1) is 15.2. The van der Waals surface area contributed by atoms with E-state index in [9.17, 15) is 9.59 Å². The van der Waals surface area contributed by atoms with Crippen molar-refractivity contribution in [3.63, 3.8) is 0 Å². The molecule has 6 nitrogen and oxygen atoms in total. The Kier molecular flexibility index (Phi) is 5.05. The van der Waals surface area contributed by atoms with Crippen LogP contribution in [-0.4, -0.2) is 28.7 Å². The number of unbranched alkanes of at least 4 members (excludes halogenated alkanes) is 1. The van der Waals surface area contributed by atoms with Crippen LogP contribution in [0.1, 0.15) is 36.7 Å². The molecule has 1 aromatic carbocycles. The van der Waals surface area contributed by atoms with E-state index < -0.39 is 0 Å². The lowest BCUT2D eigenvalue weighted by molar-refractivity contribution is 0.0931. The van der Waals surface area contributed by atoms with Crippen molar-refractivity contribution in [3.05, 3.63) is 40.3 Å². The van der Waals surface area contributed by atoms with Crippen molar-refractivity contribution >= 4 is 16.7 Å². The Labute approximate surface area is 122 Å². The number of nitrogens with one attached hydrogen (secondary N) is 2. The summed E-state index contributed by atoms with van der Waals surface area (Å²) in [5, 5.41) is 10.1. The molecule has 1 aromatic heterocycles. The predicted molar refractivity (Wildman–Crippen MR) is 82.2 cm³/mol. The van der Waals surface area contributed by atoms with Gasteiger partial charge in [-0.15, -0.1) is 0 Å². The molecule has 1 atom stereocenters. The van der Waals surface area contributed by atoms with E-state index in [0.717, 1.165) is 19.3 Å². The average molecular weight is 288 g/mol. The highest BCUT2D eigenvalue weighted by atomic mass is 16.2. The van der Waals surface area contributed by atoms with E-state index in [4.69, 9.17) is 5.73 Å². The zero-order chi connectivity index (χ0) is 15.2. The summed E-state index contributed by atoms with van der Waals surface area (Å²) in [7, 11) is 0. The topological polar surface area (TPSA) is 101 Å². The number of H-pyrrole nitrogens is 1. The number of nitrogens with zero attached hydrogens (tertiary/aromatic N) is 1. The average Bonchev–Trinajstić information content (AvgIpc) is 2.51. The lowest BCUT2D eigenvalue weighted by Gasteiger charge is -2.16. The molecule has 0 fully saturated rings. The molecule has 0 bridgehead atoms. The van der Waals surface area contributed by atoms with Gasteiger partial charge in [-0.25, -0.2) is 5.10 Å². The number of aromatic nitrogens is 2. The maximum atomic E-state index is 12.4. The monoisotopic (exact) mass is 288 g/mol. The van der Waals surface area contributed by atoms with Crippen LogP contribution >= 0.6 is 0 Å². The van der Waals surface area contributed by atoms with Gasteiger partial charge < -0.3 is 11.1 Å². The van der Waals surface area contributed by atoms with Crippen LogP contribution in [0, 0.1) is 0 Å². The SMILES string of the molecule is CCCCC(CN)NC(=O)c1n[nH]c(=O)c2ccccc12. The lowest BCUT2D eigenvalue weighted by Crippen LogP contribution is -2.40. The Bertz CT molecular complexity index is 681. The summed E-state index contributed by atoms with van der Waals surface area (Å²) in [6, 6.07) is 6.84. The largest absolute Gasteiger partial charge is 0.347 e. The Morgan fingerprint density at radius 2 is 2.10 bits per heavy atom. The highest BCUT2D eigenvalue weighted by molar-refractivity contribution is 6.04. The third-order valence-corrected chi connectivity index (χ3v) is 3.44. The van der Waals surface area contributed by atoms with Crippen molar-refractivity contribution in [1.29, 1.82) is 0 Å². The molecule has 0 radical (unpaired) electrons. The molecular formula is C15H20N4O2. The summed E-state index contributed by atoms with van der Waals surface area (Å²) in [4.78, 5) is 24.1. The van der Waals surface area contributed by atoms with Gasteiger partial charge in [0.15, 0.2) is 5.69 Å². The van der Waals surface area contributed by atoms with Gasteiger partial charge in [0.25, 0.3) is 11.5 Å². The van der Waals surface area contributed by atoms with Crippen LogP contribution in [0.25, 0.3) is 10.8 Å². The van der Waals surface area contributed by atoms with Crippen LogP contribution in [0.3, 0.4) is 0 Å². The maximum absolute atomic E-state index is 12.4. The number of carbonyl (C=O) groups excluding carboxylic acids is 1. The van der Waals surface area contributed by atoms with Gasteiger partial charge in [0.2, 0.25) is 0 Å². The molecule has 0 aliphatic heterocycles. The molecule has 0 saturated heterocycles. The van der Waals surface area contributed by atoms with E-state index in [-0.39, 0.29) is 23.2 Å². The third-order valence-electron chi connectivity index (χ3n) is 3.44. The molecule has 1 unspecified atom stereocenters. The quantitative estimate of drug-likeness (QED) is 0.742. The molecule has 2 aromatic rings. The molecule has 0 aliphatic rings. The number of fused-ring (bicyclic) bond motifs is 1. The number of aromatic amines is 1. The first-order chi connectivity index (χ1) is 10.2. The summed E-state index contributed by atoms with van der Waals surface area (Å²) in [6.07, 6.45) is 2.88. The van der Waals surface area contributed by atoms with Gasteiger partial charge in [-0.05, 0) is 12.5 Å². The van der Waals surface area contributed by atoms with Crippen molar-refractivity contribution in [2.24, 2.45) is 5.73 Å². The smallest absolute Gasteiger partial charge is 0.272 e. The summed E-state index contributed by atoms with van der Waals surface area (Å²) >= 11 is 0. The van der Waals surface area contributed by atoms with Crippen LogP contribution in [0.5, 0.6) is 0 Å². The Morgan fingerprint density at radius 3 is 2.76 bits per heavy atom. The minimum Gasteiger partial charge on any atom is -0.347 e. The van der Waals surface area contributed by atoms with Crippen molar-refractivity contribution < 1.29 is 4.79 Å². The minimum atomic E-state index is -0.311. The van der Waals surface area contributed by atoms with Gasteiger partial charge in [0, 0.05) is 18.0 Å². The number of carbonyl (C=O) groups is 1. The highest BCUT2D eigenvalue weighted by Crippen LogP contribution is 2.12. The molecule has 2 rings (SSSR count). The summed E-state index contributed by atoms with van der Waals surface area (Å²) < 4.78 is 0. The fourth-order valence-electron chi connectivity index (χ4n) is 2.24. The second kappa shape index (κ2) is 6.99. The molecule has 112 valence electrons. The molecule has 4 N–H and O–H groups in total. The number of hydrogen-bond acceptors (Lipinski definition) is 4. The molecule has 0 spiro atoms. The molecule has 6 heteroatoms. The Balaban J connectivity index is 2.27. The molecular weight excluding hydrogens is 268 g/mol. The van der Waals surface area contributed by atoms with E-state index in [1.807, 2.05) is 0 Å². The van der Waals surface area contributed by atoms with E-state index in [2.05, 4.69) is 22.4 Å².